The summed E-state index contributed by atoms with van der Waals surface area (Å²) in [6.07, 6.45) is 4.54. The highest BCUT2D eigenvalue weighted by Crippen LogP contribution is 2.30. The van der Waals surface area contributed by atoms with E-state index in [9.17, 15) is 0 Å². The number of aromatic nitrogens is 3. The van der Waals surface area contributed by atoms with Gasteiger partial charge in [0.1, 0.15) is 11.6 Å². The van der Waals surface area contributed by atoms with Gasteiger partial charge in [-0.05, 0) is 6.07 Å². The fraction of sp³-hybridized carbons (Fsp3) is 0.143. The van der Waals surface area contributed by atoms with E-state index < -0.39 is 0 Å². The minimum absolute atomic E-state index is 0.534. The van der Waals surface area contributed by atoms with Crippen molar-refractivity contribution in [3.8, 4) is 11.1 Å². The molecular weight excluding hydrogens is 224 g/mol. The first-order valence-corrected chi connectivity index (χ1v) is 5.97. The van der Waals surface area contributed by atoms with Crippen molar-refractivity contribution in [1.82, 2.24) is 15.0 Å². The largest absolute Gasteiger partial charge is 0.383 e. The second-order valence-electron chi connectivity index (χ2n) is 4.19. The van der Waals surface area contributed by atoms with Crippen LogP contribution in [0.2, 0.25) is 0 Å². The molecule has 2 heterocycles. The molecule has 18 heavy (non-hydrogen) atoms. The molecule has 3 N–H and O–H groups in total. The molecule has 0 unspecified atom stereocenters. The van der Waals surface area contributed by atoms with Gasteiger partial charge in [-0.25, -0.2) is 9.97 Å². The van der Waals surface area contributed by atoms with Gasteiger partial charge in [0.2, 0.25) is 0 Å². The molecule has 0 aliphatic carbocycles. The number of para-hydroxylation sites is 1. The molecule has 4 nitrogen and oxygen atoms in total. The van der Waals surface area contributed by atoms with Gasteiger partial charge < -0.3 is 10.7 Å². The summed E-state index contributed by atoms with van der Waals surface area (Å²) in [5.74, 6) is 1.31. The molecule has 3 rings (SSSR count). The number of H-pyrrole nitrogens is 1. The Morgan fingerprint density at radius 2 is 2.06 bits per heavy atom. The first-order valence-electron chi connectivity index (χ1n) is 5.97. The van der Waals surface area contributed by atoms with Crippen LogP contribution in [0.3, 0.4) is 0 Å². The lowest BCUT2D eigenvalue weighted by Gasteiger charge is -2.04. The lowest BCUT2D eigenvalue weighted by Crippen LogP contribution is -2.00. The lowest BCUT2D eigenvalue weighted by molar-refractivity contribution is 0.947. The number of nitrogens with two attached hydrogens (primary N) is 1. The Morgan fingerprint density at radius 3 is 2.83 bits per heavy atom. The molecule has 90 valence electrons. The maximum Gasteiger partial charge on any atom is 0.135 e. The SMILES string of the molecule is CCc1ncc(-c2c[nH]c3ccccc23)c(N)n1. The van der Waals surface area contributed by atoms with Crippen molar-refractivity contribution in [2.24, 2.45) is 0 Å². The Labute approximate surface area is 105 Å². The van der Waals surface area contributed by atoms with Crippen LogP contribution in [0.4, 0.5) is 5.82 Å². The smallest absolute Gasteiger partial charge is 0.135 e. The second-order valence-corrected chi connectivity index (χ2v) is 4.19. The minimum atomic E-state index is 0.534. The predicted molar refractivity (Wildman–Crippen MR) is 73.1 cm³/mol. The number of anilines is 1. The van der Waals surface area contributed by atoms with Crippen molar-refractivity contribution >= 4 is 16.7 Å². The van der Waals surface area contributed by atoms with Gasteiger partial charge in [-0.2, -0.15) is 0 Å². The van der Waals surface area contributed by atoms with Gasteiger partial charge in [-0.1, -0.05) is 25.1 Å². The van der Waals surface area contributed by atoms with Crippen molar-refractivity contribution in [1.29, 1.82) is 0 Å². The van der Waals surface area contributed by atoms with E-state index in [0.29, 0.717) is 5.82 Å². The average molecular weight is 238 g/mol. The molecule has 0 aliphatic heterocycles. The van der Waals surface area contributed by atoms with Crippen LogP contribution in [0.25, 0.3) is 22.0 Å². The second kappa shape index (κ2) is 4.14. The quantitative estimate of drug-likeness (QED) is 0.721. The summed E-state index contributed by atoms with van der Waals surface area (Å²) in [5, 5.41) is 1.14. The summed E-state index contributed by atoms with van der Waals surface area (Å²) in [4.78, 5) is 11.9. The highest BCUT2D eigenvalue weighted by molar-refractivity contribution is 5.97. The maximum atomic E-state index is 6.01. The number of nitrogens with one attached hydrogen (secondary N) is 1. The third kappa shape index (κ3) is 1.62. The number of benzene rings is 1. The Bertz CT molecular complexity index is 700. The van der Waals surface area contributed by atoms with Gasteiger partial charge >= 0.3 is 0 Å². The fourth-order valence-corrected chi connectivity index (χ4v) is 2.11. The Kier molecular flexibility index (Phi) is 2.48. The van der Waals surface area contributed by atoms with Crippen molar-refractivity contribution in [2.75, 3.05) is 5.73 Å². The van der Waals surface area contributed by atoms with Crippen LogP contribution >= 0.6 is 0 Å². The summed E-state index contributed by atoms with van der Waals surface area (Å²) in [6.45, 7) is 2.01. The summed E-state index contributed by atoms with van der Waals surface area (Å²) in [6, 6.07) is 8.12. The number of hydrogen-bond acceptors (Lipinski definition) is 3. The fourth-order valence-electron chi connectivity index (χ4n) is 2.11. The number of aromatic amines is 1. The molecule has 0 spiro atoms. The van der Waals surface area contributed by atoms with Crippen molar-refractivity contribution in [2.45, 2.75) is 13.3 Å². The average Bonchev–Trinajstić information content (AvgIpc) is 2.82. The molecule has 0 saturated heterocycles. The number of nitrogens with zero attached hydrogens (tertiary/aromatic N) is 2. The topological polar surface area (TPSA) is 67.6 Å². The number of rotatable bonds is 2. The summed E-state index contributed by atoms with van der Waals surface area (Å²) in [7, 11) is 0. The van der Waals surface area contributed by atoms with Crippen molar-refractivity contribution in [3.63, 3.8) is 0 Å². The van der Waals surface area contributed by atoms with Crippen LogP contribution in [-0.4, -0.2) is 15.0 Å². The monoisotopic (exact) mass is 238 g/mol. The third-order valence-electron chi connectivity index (χ3n) is 3.06. The Hall–Kier alpha value is -2.36. The maximum absolute atomic E-state index is 6.01. The van der Waals surface area contributed by atoms with E-state index in [1.807, 2.05) is 31.3 Å². The highest BCUT2D eigenvalue weighted by Gasteiger charge is 2.10. The van der Waals surface area contributed by atoms with Crippen LogP contribution < -0.4 is 5.73 Å². The molecule has 0 radical (unpaired) electrons. The van der Waals surface area contributed by atoms with Gasteiger partial charge in [0.05, 0.1) is 0 Å². The van der Waals surface area contributed by atoms with Gasteiger partial charge in [-0.3, -0.25) is 0 Å². The van der Waals surface area contributed by atoms with Crippen LogP contribution in [0.15, 0.2) is 36.7 Å². The van der Waals surface area contributed by atoms with Gasteiger partial charge in [0.15, 0.2) is 0 Å². The summed E-state index contributed by atoms with van der Waals surface area (Å²) >= 11 is 0. The van der Waals surface area contributed by atoms with Crippen molar-refractivity contribution in [3.05, 3.63) is 42.5 Å². The lowest BCUT2D eigenvalue weighted by atomic mass is 10.1. The van der Waals surface area contributed by atoms with E-state index in [-0.39, 0.29) is 0 Å². The van der Waals surface area contributed by atoms with E-state index >= 15 is 0 Å². The van der Waals surface area contributed by atoms with Crippen LogP contribution in [0.5, 0.6) is 0 Å². The molecule has 0 saturated carbocycles. The molecule has 1 aromatic carbocycles. The number of nitrogen functional groups attached to an aromatic ring is 1. The molecule has 0 amide bonds. The number of hydrogen-bond donors (Lipinski definition) is 2. The third-order valence-corrected chi connectivity index (χ3v) is 3.06. The van der Waals surface area contributed by atoms with E-state index in [0.717, 1.165) is 34.3 Å². The molecule has 3 aromatic rings. The predicted octanol–water partition coefficient (Wildman–Crippen LogP) is 2.77. The standard InChI is InChI=1S/C14H14N4/c1-2-13-17-8-11(14(15)18-13)10-7-16-12-6-4-3-5-9(10)12/h3-8,16H,2H2,1H3,(H2,15,17,18). The normalized spacial score (nSPS) is 10.9. The first kappa shape index (κ1) is 10.8. The number of fused-ring (bicyclic) bond motifs is 1. The Balaban J connectivity index is 2.20. The molecular formula is C14H14N4. The minimum Gasteiger partial charge on any atom is -0.383 e. The summed E-state index contributed by atoms with van der Waals surface area (Å²) in [5.41, 5.74) is 9.03. The van der Waals surface area contributed by atoms with Gasteiger partial charge in [0, 0.05) is 40.8 Å². The summed E-state index contributed by atoms with van der Waals surface area (Å²) < 4.78 is 0. The van der Waals surface area contributed by atoms with Gasteiger partial charge in [0.25, 0.3) is 0 Å². The molecule has 0 atom stereocenters. The van der Waals surface area contributed by atoms with E-state index in [4.69, 9.17) is 5.73 Å². The first-order chi connectivity index (χ1) is 8.79. The zero-order chi connectivity index (χ0) is 12.5. The van der Waals surface area contributed by atoms with Crippen LogP contribution in [-0.2, 0) is 6.42 Å². The van der Waals surface area contributed by atoms with E-state index in [2.05, 4.69) is 21.0 Å². The Morgan fingerprint density at radius 1 is 1.22 bits per heavy atom. The zero-order valence-corrected chi connectivity index (χ0v) is 10.1. The highest BCUT2D eigenvalue weighted by atomic mass is 14.9. The molecule has 0 fully saturated rings. The van der Waals surface area contributed by atoms with E-state index in [1.54, 1.807) is 6.20 Å². The van der Waals surface area contributed by atoms with Crippen molar-refractivity contribution < 1.29 is 0 Å². The molecule has 0 bridgehead atoms. The molecule has 2 aromatic heterocycles. The zero-order valence-electron chi connectivity index (χ0n) is 10.1. The molecule has 4 heteroatoms. The number of aryl methyl sites for hydroxylation is 1. The van der Waals surface area contributed by atoms with E-state index in [1.165, 1.54) is 0 Å². The van der Waals surface area contributed by atoms with Crippen LogP contribution in [0.1, 0.15) is 12.7 Å². The van der Waals surface area contributed by atoms with Gasteiger partial charge in [-0.15, -0.1) is 0 Å². The van der Waals surface area contributed by atoms with Crippen LogP contribution in [0, 0.1) is 0 Å². The molecule has 0 aliphatic rings.